The van der Waals surface area contributed by atoms with Gasteiger partial charge in [0.2, 0.25) is 5.91 Å². The van der Waals surface area contributed by atoms with E-state index < -0.39 is 0 Å². The SMILES string of the molecule is O=C1C(SCCc2ccccc2)C(c2ccc(O)cc2)N1c1ccc(F)cc1. The molecular formula is C23H20FNO2S. The van der Waals surface area contributed by atoms with Gasteiger partial charge in [0.1, 0.15) is 16.8 Å². The highest BCUT2D eigenvalue weighted by atomic mass is 32.2. The summed E-state index contributed by atoms with van der Waals surface area (Å²) in [4.78, 5) is 14.6. The molecule has 2 unspecified atom stereocenters. The molecular weight excluding hydrogens is 373 g/mol. The standard InChI is InChI=1S/C23H20FNO2S/c24-18-8-10-19(11-9-18)25-21(17-6-12-20(26)13-7-17)22(23(25)27)28-15-14-16-4-2-1-3-5-16/h1-13,21-22,26H,14-15H2. The number of aryl methyl sites for hydroxylation is 1. The number of anilines is 1. The van der Waals surface area contributed by atoms with Gasteiger partial charge >= 0.3 is 0 Å². The number of nitrogens with zero attached hydrogens (tertiary/aromatic N) is 1. The summed E-state index contributed by atoms with van der Waals surface area (Å²) in [6.45, 7) is 0. The number of aromatic hydroxyl groups is 1. The topological polar surface area (TPSA) is 40.5 Å². The predicted molar refractivity (Wildman–Crippen MR) is 111 cm³/mol. The quantitative estimate of drug-likeness (QED) is 0.602. The van der Waals surface area contributed by atoms with Crippen LogP contribution in [0.5, 0.6) is 5.75 Å². The van der Waals surface area contributed by atoms with Gasteiger partial charge < -0.3 is 10.0 Å². The Morgan fingerprint density at radius 3 is 2.29 bits per heavy atom. The Morgan fingerprint density at radius 1 is 0.929 bits per heavy atom. The van der Waals surface area contributed by atoms with E-state index in [2.05, 4.69) is 12.1 Å². The van der Waals surface area contributed by atoms with Gasteiger partial charge in [-0.3, -0.25) is 4.79 Å². The van der Waals surface area contributed by atoms with Crippen LogP contribution in [0.2, 0.25) is 0 Å². The fraction of sp³-hybridized carbons (Fsp3) is 0.174. The van der Waals surface area contributed by atoms with Gasteiger partial charge in [0.15, 0.2) is 0 Å². The lowest BCUT2D eigenvalue weighted by Crippen LogP contribution is -2.57. The van der Waals surface area contributed by atoms with E-state index in [0.717, 1.165) is 17.7 Å². The van der Waals surface area contributed by atoms with Gasteiger partial charge in [0.25, 0.3) is 0 Å². The maximum atomic E-state index is 13.3. The van der Waals surface area contributed by atoms with Gasteiger partial charge in [-0.25, -0.2) is 4.39 Å². The lowest BCUT2D eigenvalue weighted by Gasteiger charge is -2.47. The minimum absolute atomic E-state index is 0.0303. The van der Waals surface area contributed by atoms with E-state index in [4.69, 9.17) is 0 Å². The number of β-lactam (4-membered cyclic amide) rings is 1. The smallest absolute Gasteiger partial charge is 0.243 e. The zero-order chi connectivity index (χ0) is 19.5. The number of carbonyl (C=O) groups is 1. The molecule has 0 aromatic heterocycles. The Labute approximate surface area is 167 Å². The molecule has 0 aliphatic carbocycles. The molecule has 0 spiro atoms. The molecule has 3 aromatic rings. The van der Waals surface area contributed by atoms with E-state index in [1.807, 2.05) is 30.3 Å². The molecule has 1 aliphatic rings. The average Bonchev–Trinajstić information content (AvgIpc) is 2.72. The van der Waals surface area contributed by atoms with Crippen molar-refractivity contribution in [2.75, 3.05) is 10.7 Å². The maximum Gasteiger partial charge on any atom is 0.243 e. The Kier molecular flexibility index (Phi) is 5.35. The minimum atomic E-state index is -0.327. The molecule has 28 heavy (non-hydrogen) atoms. The van der Waals surface area contributed by atoms with Crippen LogP contribution in [-0.2, 0) is 11.2 Å². The van der Waals surface area contributed by atoms with Crippen LogP contribution in [-0.4, -0.2) is 22.0 Å². The van der Waals surface area contributed by atoms with E-state index in [1.54, 1.807) is 40.9 Å². The molecule has 142 valence electrons. The van der Waals surface area contributed by atoms with Crippen LogP contribution >= 0.6 is 11.8 Å². The minimum Gasteiger partial charge on any atom is -0.508 e. The number of halogens is 1. The predicted octanol–water partition coefficient (Wildman–Crippen LogP) is 4.96. The Morgan fingerprint density at radius 2 is 1.61 bits per heavy atom. The van der Waals surface area contributed by atoms with Gasteiger partial charge in [-0.05, 0) is 59.7 Å². The van der Waals surface area contributed by atoms with Crippen LogP contribution in [0.3, 0.4) is 0 Å². The number of rotatable bonds is 6. The van der Waals surface area contributed by atoms with Crippen LogP contribution in [0.1, 0.15) is 17.2 Å². The van der Waals surface area contributed by atoms with Crippen LogP contribution in [0.4, 0.5) is 10.1 Å². The van der Waals surface area contributed by atoms with Gasteiger partial charge in [0, 0.05) is 5.69 Å². The van der Waals surface area contributed by atoms with Crippen molar-refractivity contribution in [2.45, 2.75) is 17.7 Å². The monoisotopic (exact) mass is 393 g/mol. The molecule has 3 aromatic carbocycles. The average molecular weight is 393 g/mol. The molecule has 1 fully saturated rings. The van der Waals surface area contributed by atoms with E-state index in [9.17, 15) is 14.3 Å². The third-order valence-corrected chi connectivity index (χ3v) is 6.17. The summed E-state index contributed by atoms with van der Waals surface area (Å²) in [5, 5.41) is 9.40. The van der Waals surface area contributed by atoms with E-state index in [-0.39, 0.29) is 28.8 Å². The summed E-state index contributed by atoms with van der Waals surface area (Å²) >= 11 is 1.65. The molecule has 0 radical (unpaired) electrons. The summed E-state index contributed by atoms with van der Waals surface area (Å²) in [6, 6.07) is 23.0. The van der Waals surface area contributed by atoms with Crippen LogP contribution in [0.25, 0.3) is 0 Å². The number of phenolic OH excluding ortho intramolecular Hbond substituents is 1. The molecule has 1 heterocycles. The fourth-order valence-electron chi connectivity index (χ4n) is 3.46. The molecule has 0 saturated carbocycles. The first-order valence-corrected chi connectivity index (χ1v) is 10.2. The molecule has 5 heteroatoms. The normalized spacial score (nSPS) is 18.8. The van der Waals surface area contributed by atoms with Gasteiger partial charge in [-0.2, -0.15) is 0 Å². The van der Waals surface area contributed by atoms with E-state index >= 15 is 0 Å². The lowest BCUT2D eigenvalue weighted by molar-refractivity contribution is -0.123. The molecule has 1 N–H and O–H groups in total. The summed E-state index contributed by atoms with van der Waals surface area (Å²) in [7, 11) is 0. The van der Waals surface area contributed by atoms with Crippen LogP contribution < -0.4 is 4.90 Å². The highest BCUT2D eigenvalue weighted by molar-refractivity contribution is 8.00. The number of carbonyl (C=O) groups excluding carboxylic acids is 1. The second-order valence-corrected chi connectivity index (χ2v) is 8.00. The van der Waals surface area contributed by atoms with Crippen LogP contribution in [0, 0.1) is 5.82 Å². The molecule has 4 rings (SSSR count). The summed E-state index contributed by atoms with van der Waals surface area (Å²) < 4.78 is 13.3. The Bertz CT molecular complexity index is 945. The summed E-state index contributed by atoms with van der Waals surface area (Å²) in [5.74, 6) is 0.733. The number of benzene rings is 3. The lowest BCUT2D eigenvalue weighted by atomic mass is 9.92. The van der Waals surface area contributed by atoms with Crippen molar-refractivity contribution in [3.63, 3.8) is 0 Å². The molecule has 1 saturated heterocycles. The van der Waals surface area contributed by atoms with Crippen molar-refractivity contribution in [1.29, 1.82) is 0 Å². The first-order valence-electron chi connectivity index (χ1n) is 9.16. The number of hydrogen-bond donors (Lipinski definition) is 1. The molecule has 2 atom stereocenters. The second-order valence-electron chi connectivity index (χ2n) is 6.75. The van der Waals surface area contributed by atoms with E-state index in [1.165, 1.54) is 17.7 Å². The number of thioether (sulfide) groups is 1. The summed E-state index contributed by atoms with van der Waals surface area (Å²) in [5.41, 5.74) is 2.89. The zero-order valence-electron chi connectivity index (χ0n) is 15.2. The third kappa shape index (κ3) is 3.76. The largest absolute Gasteiger partial charge is 0.508 e. The number of hydrogen-bond acceptors (Lipinski definition) is 3. The van der Waals surface area contributed by atoms with Crippen molar-refractivity contribution in [1.82, 2.24) is 0 Å². The number of phenols is 1. The first-order chi connectivity index (χ1) is 13.6. The highest BCUT2D eigenvalue weighted by Gasteiger charge is 2.49. The molecule has 1 amide bonds. The second kappa shape index (κ2) is 8.07. The van der Waals surface area contributed by atoms with Gasteiger partial charge in [-0.1, -0.05) is 42.5 Å². The van der Waals surface area contributed by atoms with Crippen molar-refractivity contribution in [3.05, 3.63) is 95.8 Å². The van der Waals surface area contributed by atoms with Crippen molar-refractivity contribution >= 4 is 23.4 Å². The first kappa shape index (κ1) is 18.6. The Hall–Kier alpha value is -2.79. The van der Waals surface area contributed by atoms with Crippen molar-refractivity contribution in [2.24, 2.45) is 0 Å². The van der Waals surface area contributed by atoms with Crippen molar-refractivity contribution in [3.8, 4) is 5.75 Å². The van der Waals surface area contributed by atoms with E-state index in [0.29, 0.717) is 5.69 Å². The van der Waals surface area contributed by atoms with Crippen molar-refractivity contribution < 1.29 is 14.3 Å². The zero-order valence-corrected chi connectivity index (χ0v) is 16.0. The molecule has 1 aliphatic heterocycles. The fourth-order valence-corrected chi connectivity index (χ4v) is 4.78. The molecule has 0 bridgehead atoms. The van der Waals surface area contributed by atoms with Gasteiger partial charge in [0.05, 0.1) is 6.04 Å². The summed E-state index contributed by atoms with van der Waals surface area (Å²) in [6.07, 6.45) is 0.897. The number of amides is 1. The Balaban J connectivity index is 1.53. The third-order valence-electron chi connectivity index (χ3n) is 4.92. The molecule has 3 nitrogen and oxygen atoms in total. The van der Waals surface area contributed by atoms with Gasteiger partial charge in [-0.15, -0.1) is 11.8 Å². The van der Waals surface area contributed by atoms with Crippen LogP contribution in [0.15, 0.2) is 78.9 Å². The maximum absolute atomic E-state index is 13.3. The highest BCUT2D eigenvalue weighted by Crippen LogP contribution is 2.45.